The average molecular weight is 308 g/mol. The lowest BCUT2D eigenvalue weighted by atomic mass is 9.94. The molecule has 2 amide bonds. The van der Waals surface area contributed by atoms with Crippen molar-refractivity contribution >= 4 is 27.7 Å². The number of halogens is 1. The van der Waals surface area contributed by atoms with Gasteiger partial charge in [-0.05, 0) is 25.0 Å². The number of hydrogen-bond acceptors (Lipinski definition) is 2. The summed E-state index contributed by atoms with van der Waals surface area (Å²) in [6, 6.07) is 7.06. The number of nitrogens with zero attached hydrogens (tertiary/aromatic N) is 1. The van der Waals surface area contributed by atoms with Crippen molar-refractivity contribution in [3.63, 3.8) is 0 Å². The summed E-state index contributed by atoms with van der Waals surface area (Å²) >= 11 is 3.65. The van der Waals surface area contributed by atoms with Gasteiger partial charge in [-0.2, -0.15) is 0 Å². The molecule has 0 saturated heterocycles. The van der Waals surface area contributed by atoms with E-state index < -0.39 is 4.45 Å². The number of imide groups is 1. The van der Waals surface area contributed by atoms with Crippen LogP contribution in [0, 0.1) is 0 Å². The Hall–Kier alpha value is -1.16. The zero-order valence-electron chi connectivity index (χ0n) is 9.99. The van der Waals surface area contributed by atoms with Crippen LogP contribution >= 0.6 is 15.9 Å². The van der Waals surface area contributed by atoms with Gasteiger partial charge in [0.15, 0.2) is 0 Å². The molecule has 1 fully saturated rings. The first-order chi connectivity index (χ1) is 8.63. The largest absolute Gasteiger partial charge is 0.269 e. The zero-order chi connectivity index (χ0) is 12.8. The first kappa shape index (κ1) is 11.9. The van der Waals surface area contributed by atoms with E-state index in [2.05, 4.69) is 15.9 Å². The first-order valence-electron chi connectivity index (χ1n) is 6.30. The van der Waals surface area contributed by atoms with E-state index in [1.807, 2.05) is 0 Å². The Kier molecular flexibility index (Phi) is 2.77. The molecule has 4 heteroatoms. The highest BCUT2D eigenvalue weighted by atomic mass is 79.9. The van der Waals surface area contributed by atoms with Crippen LogP contribution in [0.4, 0.5) is 0 Å². The van der Waals surface area contributed by atoms with Crippen LogP contribution < -0.4 is 0 Å². The van der Waals surface area contributed by atoms with E-state index >= 15 is 0 Å². The van der Waals surface area contributed by atoms with Gasteiger partial charge >= 0.3 is 0 Å². The summed E-state index contributed by atoms with van der Waals surface area (Å²) in [5, 5.41) is 0. The lowest BCUT2D eigenvalue weighted by Crippen LogP contribution is -2.48. The first-order valence-corrected chi connectivity index (χ1v) is 7.10. The van der Waals surface area contributed by atoms with Gasteiger partial charge in [-0.15, -0.1) is 0 Å². The standard InChI is InChI=1S/C14H14BrNO2/c15-14(8-4-1-5-9-14)16-12(17)10-6-2-3-7-11(10)13(16)18/h2-3,6-7H,1,4-5,8-9H2. The van der Waals surface area contributed by atoms with Gasteiger partial charge in [-0.1, -0.05) is 47.3 Å². The summed E-state index contributed by atoms with van der Waals surface area (Å²) in [5.74, 6) is -0.316. The summed E-state index contributed by atoms with van der Waals surface area (Å²) in [4.78, 5) is 26.2. The predicted molar refractivity (Wildman–Crippen MR) is 71.7 cm³/mol. The maximum absolute atomic E-state index is 12.4. The van der Waals surface area contributed by atoms with Crippen LogP contribution in [-0.2, 0) is 0 Å². The quantitative estimate of drug-likeness (QED) is 0.453. The lowest BCUT2D eigenvalue weighted by molar-refractivity contribution is 0.0514. The monoisotopic (exact) mass is 307 g/mol. The molecule has 1 aliphatic heterocycles. The number of rotatable bonds is 1. The Morgan fingerprint density at radius 1 is 0.944 bits per heavy atom. The fourth-order valence-electron chi connectivity index (χ4n) is 2.87. The molecule has 3 rings (SSSR count). The molecule has 2 aliphatic rings. The number of benzene rings is 1. The molecule has 18 heavy (non-hydrogen) atoms. The molecule has 1 aliphatic carbocycles. The van der Waals surface area contributed by atoms with Crippen molar-refractivity contribution < 1.29 is 9.59 Å². The van der Waals surface area contributed by atoms with Crippen LogP contribution in [0.5, 0.6) is 0 Å². The van der Waals surface area contributed by atoms with Gasteiger partial charge in [-0.25, -0.2) is 0 Å². The van der Waals surface area contributed by atoms with E-state index in [4.69, 9.17) is 0 Å². The van der Waals surface area contributed by atoms with Crippen LogP contribution in [0.1, 0.15) is 52.8 Å². The molecule has 0 aromatic heterocycles. The number of alkyl halides is 1. The van der Waals surface area contributed by atoms with Gasteiger partial charge < -0.3 is 0 Å². The zero-order valence-corrected chi connectivity index (χ0v) is 11.6. The molecule has 1 saturated carbocycles. The molecule has 0 radical (unpaired) electrons. The molecule has 0 spiro atoms. The second-order valence-corrected chi connectivity index (χ2v) is 6.45. The third-order valence-corrected chi connectivity index (χ3v) is 4.96. The van der Waals surface area contributed by atoms with Crippen molar-refractivity contribution in [1.29, 1.82) is 0 Å². The minimum atomic E-state index is -0.474. The van der Waals surface area contributed by atoms with Crippen LogP contribution in [0.3, 0.4) is 0 Å². The van der Waals surface area contributed by atoms with E-state index in [1.54, 1.807) is 24.3 Å². The van der Waals surface area contributed by atoms with Crippen molar-refractivity contribution in [3.8, 4) is 0 Å². The number of carbonyl (C=O) groups excluding carboxylic acids is 2. The highest BCUT2D eigenvalue weighted by Gasteiger charge is 2.47. The summed E-state index contributed by atoms with van der Waals surface area (Å²) in [7, 11) is 0. The highest BCUT2D eigenvalue weighted by Crippen LogP contribution is 2.42. The maximum atomic E-state index is 12.4. The van der Waals surface area contributed by atoms with Crippen LogP contribution in [0.2, 0.25) is 0 Å². The van der Waals surface area contributed by atoms with E-state index in [0.717, 1.165) is 25.7 Å². The molecule has 0 bridgehead atoms. The van der Waals surface area contributed by atoms with Gasteiger partial charge in [0.05, 0.1) is 11.1 Å². The fourth-order valence-corrected chi connectivity index (χ4v) is 3.75. The molecular weight excluding hydrogens is 294 g/mol. The summed E-state index contributed by atoms with van der Waals surface area (Å²) < 4.78 is -0.474. The van der Waals surface area contributed by atoms with Gasteiger partial charge in [0.1, 0.15) is 4.45 Å². The SMILES string of the molecule is O=C1c2ccccc2C(=O)N1C1(Br)CCCCC1. The van der Waals surface area contributed by atoms with E-state index in [1.165, 1.54) is 11.3 Å². The molecule has 0 atom stereocenters. The third kappa shape index (κ3) is 1.62. The van der Waals surface area contributed by atoms with E-state index in [-0.39, 0.29) is 11.8 Å². The second kappa shape index (κ2) is 4.19. The number of amides is 2. The minimum Gasteiger partial charge on any atom is -0.269 e. The van der Waals surface area contributed by atoms with E-state index in [9.17, 15) is 9.59 Å². The second-order valence-electron chi connectivity index (χ2n) is 4.97. The van der Waals surface area contributed by atoms with Crippen LogP contribution in [-0.4, -0.2) is 21.2 Å². The Balaban J connectivity index is 2.01. The molecule has 94 valence electrons. The van der Waals surface area contributed by atoms with Crippen molar-refractivity contribution in [3.05, 3.63) is 35.4 Å². The number of fused-ring (bicyclic) bond motifs is 1. The predicted octanol–water partition coefficient (Wildman–Crippen LogP) is 3.34. The maximum Gasteiger partial charge on any atom is 0.262 e. The Morgan fingerprint density at radius 2 is 1.44 bits per heavy atom. The normalized spacial score (nSPS) is 22.2. The Morgan fingerprint density at radius 3 is 1.94 bits per heavy atom. The molecule has 3 nitrogen and oxygen atoms in total. The molecule has 1 aromatic carbocycles. The average Bonchev–Trinajstić information content (AvgIpc) is 2.64. The molecule has 1 aromatic rings. The minimum absolute atomic E-state index is 0.158. The molecular formula is C14H14BrNO2. The third-order valence-electron chi connectivity index (χ3n) is 3.81. The van der Waals surface area contributed by atoms with Crippen LogP contribution in [0.15, 0.2) is 24.3 Å². The summed E-state index contributed by atoms with van der Waals surface area (Å²) in [6.07, 6.45) is 4.98. The Labute approximate surface area is 114 Å². The number of carbonyl (C=O) groups is 2. The smallest absolute Gasteiger partial charge is 0.262 e. The molecule has 0 unspecified atom stereocenters. The van der Waals surface area contributed by atoms with Crippen LogP contribution in [0.25, 0.3) is 0 Å². The van der Waals surface area contributed by atoms with Gasteiger partial charge in [0, 0.05) is 0 Å². The lowest BCUT2D eigenvalue weighted by Gasteiger charge is -2.38. The van der Waals surface area contributed by atoms with Crippen molar-refractivity contribution in [1.82, 2.24) is 4.90 Å². The van der Waals surface area contributed by atoms with Crippen molar-refractivity contribution in [2.75, 3.05) is 0 Å². The fraction of sp³-hybridized carbons (Fsp3) is 0.429. The summed E-state index contributed by atoms with van der Waals surface area (Å²) in [5.41, 5.74) is 1.07. The van der Waals surface area contributed by atoms with E-state index in [0.29, 0.717) is 11.1 Å². The van der Waals surface area contributed by atoms with Gasteiger partial charge in [0.2, 0.25) is 0 Å². The summed E-state index contributed by atoms with van der Waals surface area (Å²) in [6.45, 7) is 0. The molecule has 1 heterocycles. The highest BCUT2D eigenvalue weighted by molar-refractivity contribution is 9.10. The Bertz CT molecular complexity index is 485. The van der Waals surface area contributed by atoms with Crippen molar-refractivity contribution in [2.45, 2.75) is 36.6 Å². The topological polar surface area (TPSA) is 37.4 Å². The number of hydrogen-bond donors (Lipinski definition) is 0. The van der Waals surface area contributed by atoms with Gasteiger partial charge in [0.25, 0.3) is 11.8 Å². The van der Waals surface area contributed by atoms with Crippen molar-refractivity contribution in [2.24, 2.45) is 0 Å². The molecule has 0 N–H and O–H groups in total. The van der Waals surface area contributed by atoms with Gasteiger partial charge in [-0.3, -0.25) is 14.5 Å².